The summed E-state index contributed by atoms with van der Waals surface area (Å²) in [6, 6.07) is 0. The zero-order chi connectivity index (χ0) is 13.1. The molecule has 0 spiro atoms. The number of rotatable bonds is 3. The van der Waals surface area contributed by atoms with E-state index in [2.05, 4.69) is 4.90 Å². The van der Waals surface area contributed by atoms with Gasteiger partial charge in [-0.1, -0.05) is 12.2 Å². The molecule has 18 heavy (non-hydrogen) atoms. The van der Waals surface area contributed by atoms with Crippen molar-refractivity contribution in [3.05, 3.63) is 21.9 Å². The smallest absolute Gasteiger partial charge is 0.255 e. The summed E-state index contributed by atoms with van der Waals surface area (Å²) >= 11 is 6.47. The van der Waals surface area contributed by atoms with Crippen LogP contribution in [0, 0.1) is 6.92 Å². The van der Waals surface area contributed by atoms with Gasteiger partial charge in [0.15, 0.2) is 0 Å². The molecule has 2 heterocycles. The fourth-order valence-corrected chi connectivity index (χ4v) is 3.08. The van der Waals surface area contributed by atoms with Crippen molar-refractivity contribution in [2.75, 3.05) is 32.7 Å². The Labute approximate surface area is 116 Å². The lowest BCUT2D eigenvalue weighted by Crippen LogP contribution is -2.50. The van der Waals surface area contributed by atoms with Crippen molar-refractivity contribution in [3.63, 3.8) is 0 Å². The molecule has 4 nitrogen and oxygen atoms in total. The average molecular weight is 283 g/mol. The monoisotopic (exact) mass is 283 g/mol. The van der Waals surface area contributed by atoms with Crippen molar-refractivity contribution < 1.29 is 4.79 Å². The van der Waals surface area contributed by atoms with Gasteiger partial charge in [-0.15, -0.1) is 0 Å². The number of nitrogens with two attached hydrogens (primary N) is 1. The van der Waals surface area contributed by atoms with Crippen molar-refractivity contribution in [2.45, 2.75) is 6.92 Å². The lowest BCUT2D eigenvalue weighted by atomic mass is 10.2. The number of aryl methyl sites for hydroxylation is 1. The Balaban J connectivity index is 1.92. The number of piperazine rings is 1. The minimum atomic E-state index is 0.142. The Morgan fingerprint density at radius 3 is 2.56 bits per heavy atom. The molecule has 1 aromatic heterocycles. The maximum atomic E-state index is 12.3. The van der Waals surface area contributed by atoms with Crippen LogP contribution in [-0.4, -0.2) is 53.4 Å². The first-order valence-corrected chi connectivity index (χ1v) is 7.26. The SMILES string of the molecule is Cc1cscc1C(=O)N1CCN(CC(N)=S)CC1. The van der Waals surface area contributed by atoms with Crippen molar-refractivity contribution >= 4 is 34.5 Å². The van der Waals surface area contributed by atoms with Gasteiger partial charge in [-0.2, -0.15) is 11.3 Å². The van der Waals surface area contributed by atoms with Gasteiger partial charge in [0.2, 0.25) is 0 Å². The molecule has 1 amide bonds. The molecule has 0 radical (unpaired) electrons. The van der Waals surface area contributed by atoms with Gasteiger partial charge in [-0.3, -0.25) is 9.69 Å². The van der Waals surface area contributed by atoms with Crippen molar-refractivity contribution in [1.82, 2.24) is 9.80 Å². The normalized spacial score (nSPS) is 16.8. The molecule has 1 aromatic rings. The van der Waals surface area contributed by atoms with Crippen LogP contribution in [-0.2, 0) is 0 Å². The highest BCUT2D eigenvalue weighted by atomic mass is 32.1. The standard InChI is InChI=1S/C12H17N3OS2/c1-9-7-18-8-10(9)12(16)15-4-2-14(3-5-15)6-11(13)17/h7-8H,2-6H2,1H3,(H2,13,17). The summed E-state index contributed by atoms with van der Waals surface area (Å²) in [6.07, 6.45) is 0. The highest BCUT2D eigenvalue weighted by Gasteiger charge is 2.23. The van der Waals surface area contributed by atoms with Crippen LogP contribution in [0.2, 0.25) is 0 Å². The van der Waals surface area contributed by atoms with E-state index in [1.807, 2.05) is 22.6 Å². The van der Waals surface area contributed by atoms with Gasteiger partial charge >= 0.3 is 0 Å². The van der Waals surface area contributed by atoms with E-state index in [1.165, 1.54) is 0 Å². The summed E-state index contributed by atoms with van der Waals surface area (Å²) in [5.41, 5.74) is 7.43. The van der Waals surface area contributed by atoms with Crippen LogP contribution >= 0.6 is 23.6 Å². The average Bonchev–Trinajstić information content (AvgIpc) is 2.75. The zero-order valence-electron chi connectivity index (χ0n) is 10.4. The summed E-state index contributed by atoms with van der Waals surface area (Å²) in [7, 11) is 0. The van der Waals surface area contributed by atoms with E-state index in [0.717, 1.165) is 37.3 Å². The molecule has 1 aliphatic rings. The minimum Gasteiger partial charge on any atom is -0.392 e. The molecule has 0 aliphatic carbocycles. The van der Waals surface area contributed by atoms with Gasteiger partial charge < -0.3 is 10.6 Å². The van der Waals surface area contributed by atoms with Crippen LogP contribution in [0.25, 0.3) is 0 Å². The van der Waals surface area contributed by atoms with E-state index >= 15 is 0 Å². The lowest BCUT2D eigenvalue weighted by molar-refractivity contribution is 0.0654. The summed E-state index contributed by atoms with van der Waals surface area (Å²) in [5.74, 6) is 0.142. The van der Waals surface area contributed by atoms with Gasteiger partial charge in [0.25, 0.3) is 5.91 Å². The van der Waals surface area contributed by atoms with Crippen LogP contribution < -0.4 is 5.73 Å². The predicted molar refractivity (Wildman–Crippen MR) is 78.2 cm³/mol. The lowest BCUT2D eigenvalue weighted by Gasteiger charge is -2.34. The Hall–Kier alpha value is -0.980. The molecule has 0 aromatic carbocycles. The Bertz CT molecular complexity index is 450. The molecule has 2 N–H and O–H groups in total. The van der Waals surface area contributed by atoms with Gasteiger partial charge in [0.05, 0.1) is 10.6 Å². The summed E-state index contributed by atoms with van der Waals surface area (Å²) in [4.78, 5) is 16.9. The number of thiophene rings is 1. The number of carbonyl (C=O) groups is 1. The van der Waals surface area contributed by atoms with Gasteiger partial charge in [0.1, 0.15) is 0 Å². The molecule has 6 heteroatoms. The maximum absolute atomic E-state index is 12.3. The van der Waals surface area contributed by atoms with E-state index < -0.39 is 0 Å². The Morgan fingerprint density at radius 2 is 2.06 bits per heavy atom. The highest BCUT2D eigenvalue weighted by molar-refractivity contribution is 7.80. The van der Waals surface area contributed by atoms with E-state index in [4.69, 9.17) is 18.0 Å². The predicted octanol–water partition coefficient (Wildman–Crippen LogP) is 1.10. The number of thiocarbonyl (C=S) groups is 1. The van der Waals surface area contributed by atoms with Crippen LogP contribution in [0.4, 0.5) is 0 Å². The van der Waals surface area contributed by atoms with Crippen molar-refractivity contribution in [2.24, 2.45) is 5.73 Å². The first-order valence-electron chi connectivity index (χ1n) is 5.90. The second-order valence-electron chi connectivity index (χ2n) is 4.50. The minimum absolute atomic E-state index is 0.142. The number of nitrogens with zero attached hydrogens (tertiary/aromatic N) is 2. The topological polar surface area (TPSA) is 49.6 Å². The molecule has 0 unspecified atom stereocenters. The largest absolute Gasteiger partial charge is 0.392 e. The van der Waals surface area contributed by atoms with Gasteiger partial charge in [-0.25, -0.2) is 0 Å². The Kier molecular flexibility index (Phi) is 4.31. The van der Waals surface area contributed by atoms with Crippen LogP contribution in [0.15, 0.2) is 10.8 Å². The molecule has 98 valence electrons. The van der Waals surface area contributed by atoms with Crippen molar-refractivity contribution in [3.8, 4) is 0 Å². The maximum Gasteiger partial charge on any atom is 0.255 e. The molecule has 0 saturated carbocycles. The summed E-state index contributed by atoms with van der Waals surface area (Å²) in [5, 5.41) is 3.94. The van der Waals surface area contributed by atoms with Crippen molar-refractivity contribution in [1.29, 1.82) is 0 Å². The Morgan fingerprint density at radius 1 is 1.39 bits per heavy atom. The summed E-state index contributed by atoms with van der Waals surface area (Å²) < 4.78 is 0. The highest BCUT2D eigenvalue weighted by Crippen LogP contribution is 2.17. The second-order valence-corrected chi connectivity index (χ2v) is 5.77. The van der Waals surface area contributed by atoms with E-state index in [1.54, 1.807) is 11.3 Å². The molecular weight excluding hydrogens is 266 g/mol. The number of carbonyl (C=O) groups excluding carboxylic acids is 1. The molecule has 1 aliphatic heterocycles. The fraction of sp³-hybridized carbons (Fsp3) is 0.500. The fourth-order valence-electron chi connectivity index (χ4n) is 2.08. The number of amides is 1. The molecular formula is C12H17N3OS2. The quantitative estimate of drug-likeness (QED) is 0.844. The van der Waals surface area contributed by atoms with Crippen LogP contribution in [0.3, 0.4) is 0 Å². The van der Waals surface area contributed by atoms with Crippen LogP contribution in [0.1, 0.15) is 15.9 Å². The first kappa shape index (κ1) is 13.5. The van der Waals surface area contributed by atoms with Crippen LogP contribution in [0.5, 0.6) is 0 Å². The molecule has 0 atom stereocenters. The molecule has 1 fully saturated rings. The third-order valence-electron chi connectivity index (χ3n) is 3.12. The zero-order valence-corrected chi connectivity index (χ0v) is 12.0. The van der Waals surface area contributed by atoms with Gasteiger partial charge in [-0.05, 0) is 17.9 Å². The van der Waals surface area contributed by atoms with E-state index in [9.17, 15) is 4.79 Å². The molecule has 0 bridgehead atoms. The second kappa shape index (κ2) is 5.77. The number of hydrogen-bond donors (Lipinski definition) is 1. The first-order chi connectivity index (χ1) is 8.58. The van der Waals surface area contributed by atoms with E-state index in [-0.39, 0.29) is 5.91 Å². The molecule has 2 rings (SSSR count). The third kappa shape index (κ3) is 3.07. The molecule has 1 saturated heterocycles. The number of hydrogen-bond acceptors (Lipinski definition) is 4. The van der Waals surface area contributed by atoms with Gasteiger partial charge in [0, 0.05) is 38.1 Å². The van der Waals surface area contributed by atoms with E-state index in [0.29, 0.717) is 11.5 Å². The summed E-state index contributed by atoms with van der Waals surface area (Å²) in [6.45, 7) is 5.80. The third-order valence-corrected chi connectivity index (χ3v) is 4.12.